The number of hydrogen-bond acceptors (Lipinski definition) is 6. The Kier molecular flexibility index (Phi) is 7.55. The van der Waals surface area contributed by atoms with Gasteiger partial charge in [0.15, 0.2) is 16.7 Å². The summed E-state index contributed by atoms with van der Waals surface area (Å²) >= 11 is 1.26. The van der Waals surface area contributed by atoms with E-state index >= 15 is 0 Å². The summed E-state index contributed by atoms with van der Waals surface area (Å²) in [6.07, 6.45) is 2.43. The van der Waals surface area contributed by atoms with Crippen LogP contribution in [0.1, 0.15) is 11.1 Å². The molecule has 27 heavy (non-hydrogen) atoms. The van der Waals surface area contributed by atoms with Gasteiger partial charge in [0.1, 0.15) is 0 Å². The molecule has 0 bridgehead atoms. The number of hydrogen-bond donors (Lipinski definition) is 1. The summed E-state index contributed by atoms with van der Waals surface area (Å²) < 4.78 is 38.0. The fourth-order valence-electron chi connectivity index (χ4n) is 2.35. The quantitative estimate of drug-likeness (QED) is 0.562. The molecule has 0 aliphatic carbocycles. The van der Waals surface area contributed by atoms with Gasteiger partial charge in [-0.1, -0.05) is 35.5 Å². The number of nitrogens with zero attached hydrogens (tertiary/aromatic N) is 1. The topological polar surface area (TPSA) is 77.0 Å². The average molecular weight is 409 g/mol. The molecular formula is C19H24N2O4S2. The molecule has 2 aromatic rings. The first-order chi connectivity index (χ1) is 12.9. The first kappa shape index (κ1) is 21.1. The highest BCUT2D eigenvalue weighted by Crippen LogP contribution is 2.27. The Morgan fingerprint density at radius 2 is 1.74 bits per heavy atom. The molecule has 0 atom stereocenters. The third-order valence-electron chi connectivity index (χ3n) is 3.85. The zero-order chi connectivity index (χ0) is 19.9. The van der Waals surface area contributed by atoms with Gasteiger partial charge in [-0.25, -0.2) is 8.42 Å². The third kappa shape index (κ3) is 5.90. The first-order valence-electron chi connectivity index (χ1n) is 8.28. The van der Waals surface area contributed by atoms with Crippen molar-refractivity contribution >= 4 is 27.0 Å². The van der Waals surface area contributed by atoms with Crippen molar-refractivity contribution in [3.05, 3.63) is 53.6 Å². The second-order valence-electron chi connectivity index (χ2n) is 5.75. The monoisotopic (exact) mass is 408 g/mol. The molecule has 0 heterocycles. The van der Waals surface area contributed by atoms with Crippen molar-refractivity contribution < 1.29 is 17.9 Å². The van der Waals surface area contributed by atoms with E-state index in [-0.39, 0.29) is 4.90 Å². The Labute approximate surface area is 165 Å². The van der Waals surface area contributed by atoms with Crippen molar-refractivity contribution in [1.29, 1.82) is 0 Å². The van der Waals surface area contributed by atoms with E-state index in [0.29, 0.717) is 29.6 Å². The molecule has 0 saturated heterocycles. The Bertz CT molecular complexity index is 894. The van der Waals surface area contributed by atoms with Crippen LogP contribution in [0.25, 0.3) is 0 Å². The second kappa shape index (κ2) is 9.66. The lowest BCUT2D eigenvalue weighted by Crippen LogP contribution is -2.28. The first-order valence-corrected chi connectivity index (χ1v) is 11.0. The van der Waals surface area contributed by atoms with Crippen molar-refractivity contribution in [2.75, 3.05) is 27.0 Å². The van der Waals surface area contributed by atoms with Crippen LogP contribution in [0, 0.1) is 6.92 Å². The van der Waals surface area contributed by atoms with Gasteiger partial charge in [-0.3, -0.25) is 9.71 Å². The molecule has 1 N–H and O–H groups in total. The molecule has 0 saturated carbocycles. The molecule has 6 nitrogen and oxygen atoms in total. The summed E-state index contributed by atoms with van der Waals surface area (Å²) in [5, 5.41) is 0.357. The summed E-state index contributed by atoms with van der Waals surface area (Å²) in [6, 6.07) is 12.4. The molecule has 146 valence electrons. The Hall–Kier alpha value is -2.19. The van der Waals surface area contributed by atoms with Gasteiger partial charge < -0.3 is 9.47 Å². The predicted octanol–water partition coefficient (Wildman–Crippen LogP) is 3.25. The number of aryl methyl sites for hydroxylation is 1. The zero-order valence-electron chi connectivity index (χ0n) is 15.9. The van der Waals surface area contributed by atoms with E-state index in [1.807, 2.05) is 25.1 Å². The number of rotatable bonds is 7. The number of ether oxygens (including phenoxy) is 2. The van der Waals surface area contributed by atoms with Crippen LogP contribution >= 0.6 is 11.8 Å². The summed E-state index contributed by atoms with van der Waals surface area (Å²) in [5.41, 5.74) is 2.03. The minimum Gasteiger partial charge on any atom is -0.493 e. The van der Waals surface area contributed by atoms with E-state index < -0.39 is 10.0 Å². The van der Waals surface area contributed by atoms with Crippen LogP contribution in [0.4, 0.5) is 0 Å². The van der Waals surface area contributed by atoms with E-state index in [2.05, 4.69) is 9.71 Å². The van der Waals surface area contributed by atoms with Crippen LogP contribution in [-0.2, 0) is 16.4 Å². The summed E-state index contributed by atoms with van der Waals surface area (Å²) in [4.78, 5) is 4.60. The molecular weight excluding hydrogens is 384 g/mol. The third-order valence-corrected chi connectivity index (χ3v) is 5.95. The highest BCUT2D eigenvalue weighted by molar-refractivity contribution is 8.14. The van der Waals surface area contributed by atoms with Crippen molar-refractivity contribution in [1.82, 2.24) is 4.72 Å². The van der Waals surface area contributed by atoms with Gasteiger partial charge >= 0.3 is 0 Å². The van der Waals surface area contributed by atoms with E-state index in [4.69, 9.17) is 9.47 Å². The molecule has 0 aliphatic rings. The van der Waals surface area contributed by atoms with Gasteiger partial charge in [-0.05, 0) is 49.4 Å². The SMILES string of the molecule is COc1ccc(CCN=C(NS(=O)(=O)c2ccc(C)cc2)SC)cc1OC. The lowest BCUT2D eigenvalue weighted by Gasteiger charge is -2.10. The Morgan fingerprint density at radius 1 is 1.07 bits per heavy atom. The van der Waals surface area contributed by atoms with Gasteiger partial charge in [-0.2, -0.15) is 0 Å². The van der Waals surface area contributed by atoms with Crippen LogP contribution in [0.5, 0.6) is 11.5 Å². The lowest BCUT2D eigenvalue weighted by atomic mass is 10.1. The second-order valence-corrected chi connectivity index (χ2v) is 8.23. The maximum absolute atomic E-state index is 12.5. The van der Waals surface area contributed by atoms with Crippen LogP contribution in [-0.4, -0.2) is 40.6 Å². The molecule has 0 amide bonds. The van der Waals surface area contributed by atoms with E-state index in [1.54, 1.807) is 44.7 Å². The summed E-state index contributed by atoms with van der Waals surface area (Å²) in [7, 11) is -0.462. The minimum absolute atomic E-state index is 0.217. The van der Waals surface area contributed by atoms with Gasteiger partial charge in [0.05, 0.1) is 19.1 Å². The molecule has 2 aromatic carbocycles. The maximum Gasteiger partial charge on any atom is 0.263 e. The number of sulfonamides is 1. The minimum atomic E-state index is -3.64. The Morgan fingerprint density at radius 3 is 2.33 bits per heavy atom. The van der Waals surface area contributed by atoms with Gasteiger partial charge in [0, 0.05) is 6.54 Å². The van der Waals surface area contributed by atoms with Crippen molar-refractivity contribution in [2.24, 2.45) is 4.99 Å². The normalized spacial score (nSPS) is 11.9. The van der Waals surface area contributed by atoms with E-state index in [0.717, 1.165) is 11.1 Å². The number of benzene rings is 2. The number of methoxy groups -OCH3 is 2. The molecule has 8 heteroatoms. The molecule has 0 aliphatic heterocycles. The van der Waals surface area contributed by atoms with Crippen LogP contribution in [0.15, 0.2) is 52.4 Å². The largest absolute Gasteiger partial charge is 0.493 e. The smallest absolute Gasteiger partial charge is 0.263 e. The molecule has 2 rings (SSSR count). The number of thioether (sulfide) groups is 1. The standard InChI is InChI=1S/C19H24N2O4S2/c1-14-5-8-16(9-6-14)27(22,23)21-19(26-4)20-12-11-15-7-10-17(24-2)18(13-15)25-3/h5-10,13H,11-12H2,1-4H3,(H,20,21). The number of amidine groups is 1. The van der Waals surface area contributed by atoms with E-state index in [1.165, 1.54) is 11.8 Å². The average Bonchev–Trinajstić information content (AvgIpc) is 2.67. The molecule has 0 unspecified atom stereocenters. The van der Waals surface area contributed by atoms with Crippen LogP contribution in [0.2, 0.25) is 0 Å². The van der Waals surface area contributed by atoms with Crippen molar-refractivity contribution in [3.8, 4) is 11.5 Å². The predicted molar refractivity (Wildman–Crippen MR) is 111 cm³/mol. The fourth-order valence-corrected chi connectivity index (χ4v) is 4.14. The summed E-state index contributed by atoms with van der Waals surface area (Å²) in [6.45, 7) is 2.36. The summed E-state index contributed by atoms with van der Waals surface area (Å²) in [5.74, 6) is 1.32. The van der Waals surface area contributed by atoms with Gasteiger partial charge in [0.25, 0.3) is 10.0 Å². The van der Waals surface area contributed by atoms with E-state index in [9.17, 15) is 8.42 Å². The fraction of sp³-hybridized carbons (Fsp3) is 0.316. The number of nitrogens with one attached hydrogen (secondary N) is 1. The van der Waals surface area contributed by atoms with Crippen molar-refractivity contribution in [3.63, 3.8) is 0 Å². The zero-order valence-corrected chi connectivity index (χ0v) is 17.5. The maximum atomic E-state index is 12.5. The highest BCUT2D eigenvalue weighted by Gasteiger charge is 2.15. The highest BCUT2D eigenvalue weighted by atomic mass is 32.2. The number of aliphatic imine (C=N–C) groups is 1. The molecule has 0 aromatic heterocycles. The molecule has 0 spiro atoms. The Balaban J connectivity index is 2.05. The van der Waals surface area contributed by atoms with Crippen LogP contribution < -0.4 is 14.2 Å². The van der Waals surface area contributed by atoms with Gasteiger partial charge in [0.2, 0.25) is 0 Å². The van der Waals surface area contributed by atoms with Crippen molar-refractivity contribution in [2.45, 2.75) is 18.2 Å². The lowest BCUT2D eigenvalue weighted by molar-refractivity contribution is 0.354. The molecule has 0 radical (unpaired) electrons. The van der Waals surface area contributed by atoms with Crippen LogP contribution in [0.3, 0.4) is 0 Å². The van der Waals surface area contributed by atoms with Gasteiger partial charge in [-0.15, -0.1) is 0 Å². The molecule has 0 fully saturated rings.